The summed E-state index contributed by atoms with van der Waals surface area (Å²) in [5, 5.41) is 77.6. The number of phenols is 1. The Morgan fingerprint density at radius 3 is 1.04 bits per heavy atom. The number of carbonyl (C=O) groups excluding carboxylic acids is 14. The van der Waals surface area contributed by atoms with Crippen LogP contribution in [0.3, 0.4) is 0 Å². The number of aliphatic hydroxyl groups is 1. The van der Waals surface area contributed by atoms with Crippen molar-refractivity contribution in [3.63, 3.8) is 0 Å². The molecule has 0 saturated carbocycles. The van der Waals surface area contributed by atoms with E-state index in [9.17, 15) is 87.2 Å². The molecule has 658 valence electrons. The fourth-order valence-corrected chi connectivity index (χ4v) is 12.8. The number of nitrogens with two attached hydrogens (primary N) is 2. The maximum absolute atomic E-state index is 14.6. The molecule has 0 aromatic heterocycles. The summed E-state index contributed by atoms with van der Waals surface area (Å²) in [7, 11) is 0. The van der Waals surface area contributed by atoms with Gasteiger partial charge in [-0.1, -0.05) is 109 Å². The third-order valence-electron chi connectivity index (χ3n) is 18.0. The Bertz CT molecular complexity index is 3410. The smallest absolute Gasteiger partial charge is 0.326 e. The number of carboxylic acids is 1. The zero-order valence-electron chi connectivity index (χ0n) is 70.4. The summed E-state index contributed by atoms with van der Waals surface area (Å²) in [4.78, 5) is 209. The first-order valence-corrected chi connectivity index (χ1v) is 42.2. The number of aromatic hydroxyl groups is 1. The first-order valence-electron chi connectivity index (χ1n) is 39.5. The molecule has 1 rings (SSSR count). The topological polar surface area (TPSA) is 573 Å². The summed E-state index contributed by atoms with van der Waals surface area (Å²) in [5.74, 6) is -15.6. The van der Waals surface area contributed by atoms with Crippen LogP contribution >= 0.6 is 37.0 Å². The van der Waals surface area contributed by atoms with Crippen LogP contribution in [0.5, 0.6) is 5.75 Å². The highest BCUT2D eigenvalue weighted by Crippen LogP contribution is 2.18. The van der Waals surface area contributed by atoms with Gasteiger partial charge < -0.3 is 107 Å². The molecule has 0 fully saturated rings. The predicted octanol–water partition coefficient (Wildman–Crippen LogP) is -0.637. The molecule has 0 aliphatic heterocycles. The van der Waals surface area contributed by atoms with Crippen molar-refractivity contribution >= 4 is 132 Å². The molecule has 23 N–H and O–H groups in total. The van der Waals surface area contributed by atoms with Crippen molar-refractivity contribution in [3.8, 4) is 5.75 Å². The molecule has 116 heavy (non-hydrogen) atoms. The standard InChI is InChI=1S/C77H134N18O18S3/c1-37(2)28-51(87-67(103)53(30-39(5)6)89-69(105)55(32-41(9)10)91-75(111)61(46(17)96)95-70(106)56(33-42(11)12)90-68(104)54(31-40(7)8)88-66(102)52(29-38(3)4)85-62(98)44(15)78)65(101)82-45(16)63(99)86-57(34-47-21-23-48(97)24-22-47)71(107)94-60(43(13)14)74(110)83-49(25-27-116-18)64(100)92-59(36-115)73(109)93-58(35-114)72(108)84-50(76(112)113)20-19-26-81-77(79)80/h21-24,37-46,49-61,96-97,114-115H,19-20,25-36,78H2,1-18H3,(H,82,101)(H,83,110)(H,84,108)(H,85,98)(H,86,99)(H,87,103)(H,88,102)(H,89,105)(H,90,104)(H,91,111)(H,92,100)(H,93,109)(H,94,107)(H,95,106)(H,112,113)(H4,79,80,81)/t44-,45-,46+,49-,50-,51-,52-,53-,54-,55-,56-,57-,58-,59-,60-,61-/m0/s1. The number of benzene rings is 1. The number of carbonyl (C=O) groups is 15. The number of guanidine groups is 1. The van der Waals surface area contributed by atoms with Gasteiger partial charge in [0, 0.05) is 24.5 Å². The minimum absolute atomic E-state index is 0.00776. The fraction of sp³-hybridized carbons (Fsp3) is 0.714. The third-order valence-corrected chi connectivity index (χ3v) is 19.4. The lowest BCUT2D eigenvalue weighted by Crippen LogP contribution is -2.62. The second kappa shape index (κ2) is 53.6. The highest BCUT2D eigenvalue weighted by molar-refractivity contribution is 7.98. The molecule has 14 amide bonds. The van der Waals surface area contributed by atoms with Crippen LogP contribution in [0, 0.1) is 46.8 Å². The van der Waals surface area contributed by atoms with Gasteiger partial charge in [0.15, 0.2) is 5.96 Å². The number of aliphatic hydroxyl groups excluding tert-OH is 1. The number of carboxylic acid groups (broad SMARTS) is 1. The third kappa shape index (κ3) is 40.4. The number of nitrogens with one attached hydrogen (secondary N) is 16. The summed E-state index contributed by atoms with van der Waals surface area (Å²) in [6, 6.07) is -14.3. The van der Waals surface area contributed by atoms with E-state index in [-0.39, 0.29) is 129 Å². The number of phenolic OH excluding ortho intramolecular Hbond substituents is 1. The molecule has 0 saturated heterocycles. The number of hydrogen-bond donors (Lipinski definition) is 23. The Balaban J connectivity index is 3.56. The Hall–Kier alpha value is -8.69. The monoisotopic (exact) mass is 1690 g/mol. The highest BCUT2D eigenvalue weighted by atomic mass is 32.2. The van der Waals surface area contributed by atoms with E-state index < -0.39 is 191 Å². The molecule has 0 spiro atoms. The molecular weight excluding hydrogens is 1560 g/mol. The number of amides is 14. The number of thiol groups is 2. The first kappa shape index (κ1) is 105. The van der Waals surface area contributed by atoms with E-state index in [1.807, 2.05) is 27.7 Å². The van der Waals surface area contributed by atoms with Crippen LogP contribution in [-0.2, 0) is 78.3 Å². The van der Waals surface area contributed by atoms with E-state index in [0.29, 0.717) is 11.3 Å². The molecule has 0 radical (unpaired) electrons. The Morgan fingerprint density at radius 1 is 0.397 bits per heavy atom. The van der Waals surface area contributed by atoms with E-state index in [4.69, 9.17) is 16.9 Å². The van der Waals surface area contributed by atoms with Crippen molar-refractivity contribution in [2.75, 3.05) is 30.1 Å². The number of rotatable bonds is 54. The largest absolute Gasteiger partial charge is 0.508 e. The maximum Gasteiger partial charge on any atom is 0.326 e. The van der Waals surface area contributed by atoms with Crippen molar-refractivity contribution in [2.24, 2.45) is 52.9 Å². The zero-order valence-corrected chi connectivity index (χ0v) is 73.0. The molecule has 0 unspecified atom stereocenters. The van der Waals surface area contributed by atoms with Crippen LogP contribution in [0.4, 0.5) is 0 Å². The molecule has 0 aliphatic carbocycles. The average molecular weight is 1700 g/mol. The molecule has 1 aromatic rings. The van der Waals surface area contributed by atoms with Gasteiger partial charge in [0.25, 0.3) is 0 Å². The Kier molecular flexibility index (Phi) is 48.7. The number of hydrogen-bond acceptors (Lipinski definition) is 22. The molecule has 16 atom stereocenters. The number of aliphatic carboxylic acids is 1. The van der Waals surface area contributed by atoms with Gasteiger partial charge in [-0.25, -0.2) is 4.79 Å². The summed E-state index contributed by atoms with van der Waals surface area (Å²) >= 11 is 9.75. The molecule has 36 nitrogen and oxygen atoms in total. The average Bonchev–Trinajstić information content (AvgIpc) is 0.844. The van der Waals surface area contributed by atoms with Crippen LogP contribution in [0.2, 0.25) is 0 Å². The van der Waals surface area contributed by atoms with Gasteiger partial charge in [-0.2, -0.15) is 37.0 Å². The van der Waals surface area contributed by atoms with Crippen molar-refractivity contribution in [2.45, 2.75) is 279 Å². The van der Waals surface area contributed by atoms with Crippen LogP contribution in [-0.4, -0.2) is 237 Å². The van der Waals surface area contributed by atoms with Crippen molar-refractivity contribution < 1.29 is 87.2 Å². The number of thioether (sulfide) groups is 1. The van der Waals surface area contributed by atoms with Gasteiger partial charge in [0.05, 0.1) is 12.1 Å². The molecule has 0 aliphatic rings. The van der Waals surface area contributed by atoms with Gasteiger partial charge >= 0.3 is 5.97 Å². The lowest BCUT2D eigenvalue weighted by molar-refractivity contribution is -0.142. The van der Waals surface area contributed by atoms with E-state index in [2.05, 4.69) is 105 Å². The molecule has 0 bridgehead atoms. The molecule has 1 aromatic carbocycles. The van der Waals surface area contributed by atoms with Crippen molar-refractivity contribution in [3.05, 3.63) is 29.8 Å². The van der Waals surface area contributed by atoms with Crippen molar-refractivity contribution in [1.29, 1.82) is 5.41 Å². The van der Waals surface area contributed by atoms with Crippen LogP contribution in [0.15, 0.2) is 24.3 Å². The normalized spacial score (nSPS) is 15.6. The SMILES string of the molecule is CSCC[C@H](NC(=O)[C@@H](NC(=O)[C@H](Cc1ccc(O)cc1)NC(=O)[C@H](C)NC(=O)[C@H](CC(C)C)NC(=O)[C@H](CC(C)C)NC(=O)[C@H](CC(C)C)NC(=O)[C@@H](NC(=O)[C@H](CC(C)C)NC(=O)[C@H](CC(C)C)NC(=O)[C@H](CC(C)C)NC(=O)[C@H](C)N)[C@@H](C)O)C(C)C)C(=O)N[C@@H](CS)C(=O)N[C@@H](CS)C(=O)N[C@@H](CCCNC(=N)N)C(=O)O. The van der Waals surface area contributed by atoms with Gasteiger partial charge in [-0.15, -0.1) is 0 Å². The summed E-state index contributed by atoms with van der Waals surface area (Å²) in [6.07, 6.45) is 0.494. The van der Waals surface area contributed by atoms with Gasteiger partial charge in [-0.3, -0.25) is 72.5 Å². The second-order valence-electron chi connectivity index (χ2n) is 32.3. The minimum Gasteiger partial charge on any atom is -0.508 e. The van der Waals surface area contributed by atoms with Crippen LogP contribution in [0.1, 0.15) is 181 Å². The van der Waals surface area contributed by atoms with E-state index in [1.54, 1.807) is 75.5 Å². The van der Waals surface area contributed by atoms with E-state index >= 15 is 0 Å². The van der Waals surface area contributed by atoms with Crippen LogP contribution < -0.4 is 91.2 Å². The molecule has 0 heterocycles. The predicted molar refractivity (Wildman–Crippen MR) is 449 cm³/mol. The molecular formula is C77H134N18O18S3. The summed E-state index contributed by atoms with van der Waals surface area (Å²) < 4.78 is 0. The fourth-order valence-electron chi connectivity index (χ4n) is 11.8. The second-order valence-corrected chi connectivity index (χ2v) is 34.0. The zero-order chi connectivity index (χ0) is 88.7. The van der Waals surface area contributed by atoms with Gasteiger partial charge in [0.2, 0.25) is 82.7 Å². The quantitative estimate of drug-likeness (QED) is 0.0167. The highest BCUT2D eigenvalue weighted by Gasteiger charge is 2.40. The Labute approximate surface area is 697 Å². The van der Waals surface area contributed by atoms with Crippen LogP contribution in [0.25, 0.3) is 0 Å². The minimum atomic E-state index is -1.71. The molecule has 39 heteroatoms. The Morgan fingerprint density at radius 2 is 0.698 bits per heavy atom. The first-order chi connectivity index (χ1) is 54.0. The summed E-state index contributed by atoms with van der Waals surface area (Å²) in [5.41, 5.74) is 11.5. The van der Waals surface area contributed by atoms with E-state index in [0.717, 1.165) is 0 Å². The van der Waals surface area contributed by atoms with Gasteiger partial charge in [-0.05, 0) is 150 Å². The lowest BCUT2D eigenvalue weighted by atomic mass is 9.98. The lowest BCUT2D eigenvalue weighted by Gasteiger charge is -2.30. The summed E-state index contributed by atoms with van der Waals surface area (Å²) in [6.45, 7) is 29.0. The van der Waals surface area contributed by atoms with Gasteiger partial charge in [0.1, 0.15) is 90.3 Å². The van der Waals surface area contributed by atoms with Crippen molar-refractivity contribution in [1.82, 2.24) is 79.8 Å². The van der Waals surface area contributed by atoms with E-state index in [1.165, 1.54) is 56.8 Å². The maximum atomic E-state index is 14.6.